The molecular weight excluding hydrogens is 234 g/mol. The van der Waals surface area contributed by atoms with E-state index >= 15 is 0 Å². The Hall–Kier alpha value is -0.200. The van der Waals surface area contributed by atoms with Crippen LogP contribution in [0.4, 0.5) is 0 Å². The summed E-state index contributed by atoms with van der Waals surface area (Å²) in [4.78, 5) is 0. The van der Waals surface area contributed by atoms with Gasteiger partial charge in [-0.3, -0.25) is 0 Å². The van der Waals surface area contributed by atoms with E-state index in [1.54, 1.807) is 14.2 Å². The largest absolute Gasteiger partial charge is 0.389 e. The summed E-state index contributed by atoms with van der Waals surface area (Å²) >= 11 is 0. The summed E-state index contributed by atoms with van der Waals surface area (Å²) in [6.45, 7) is 3.40. The number of rotatable bonds is 9. The molecular formula is C13H27NO4. The lowest BCUT2D eigenvalue weighted by molar-refractivity contribution is -0.0316. The van der Waals surface area contributed by atoms with Crippen LogP contribution in [0, 0.1) is 0 Å². The summed E-state index contributed by atoms with van der Waals surface area (Å²) in [5.74, 6) is 0. The van der Waals surface area contributed by atoms with Crippen LogP contribution in [0.15, 0.2) is 0 Å². The molecule has 1 saturated carbocycles. The molecule has 0 aromatic heterocycles. The quantitative estimate of drug-likeness (QED) is 0.635. The molecule has 2 N–H and O–H groups in total. The minimum Gasteiger partial charge on any atom is -0.389 e. The van der Waals surface area contributed by atoms with Gasteiger partial charge < -0.3 is 24.6 Å². The van der Waals surface area contributed by atoms with Crippen LogP contribution in [0.3, 0.4) is 0 Å². The fourth-order valence-electron chi connectivity index (χ4n) is 2.26. The number of hydrogen-bond donors (Lipinski definition) is 2. The van der Waals surface area contributed by atoms with Crippen molar-refractivity contribution in [1.29, 1.82) is 0 Å². The highest BCUT2D eigenvalue weighted by atomic mass is 16.5. The van der Waals surface area contributed by atoms with Gasteiger partial charge in [0.2, 0.25) is 0 Å². The van der Waals surface area contributed by atoms with Crippen LogP contribution in [0.2, 0.25) is 0 Å². The molecule has 0 radical (unpaired) electrons. The molecule has 0 aliphatic heterocycles. The van der Waals surface area contributed by atoms with Gasteiger partial charge in [-0.25, -0.2) is 0 Å². The van der Waals surface area contributed by atoms with Gasteiger partial charge >= 0.3 is 0 Å². The van der Waals surface area contributed by atoms with Crippen LogP contribution in [-0.2, 0) is 14.2 Å². The van der Waals surface area contributed by atoms with Gasteiger partial charge in [-0.15, -0.1) is 0 Å². The number of ether oxygens (including phenoxy) is 3. The fourth-order valence-corrected chi connectivity index (χ4v) is 2.26. The monoisotopic (exact) mass is 261 g/mol. The Labute approximate surface area is 110 Å². The van der Waals surface area contributed by atoms with E-state index in [0.29, 0.717) is 31.9 Å². The van der Waals surface area contributed by atoms with E-state index < -0.39 is 6.10 Å². The van der Waals surface area contributed by atoms with E-state index in [1.807, 2.05) is 6.92 Å². The van der Waals surface area contributed by atoms with E-state index in [1.165, 1.54) is 0 Å². The molecule has 4 atom stereocenters. The highest BCUT2D eigenvalue weighted by molar-refractivity contribution is 4.81. The predicted molar refractivity (Wildman–Crippen MR) is 69.7 cm³/mol. The van der Waals surface area contributed by atoms with Crippen LogP contribution < -0.4 is 5.32 Å². The lowest BCUT2D eigenvalue weighted by Crippen LogP contribution is -2.37. The van der Waals surface area contributed by atoms with Crippen molar-refractivity contribution in [3.8, 4) is 0 Å². The van der Waals surface area contributed by atoms with Gasteiger partial charge in [0.05, 0.1) is 31.5 Å². The Morgan fingerprint density at radius 2 is 2.06 bits per heavy atom. The molecule has 1 rings (SSSR count). The molecule has 5 heteroatoms. The van der Waals surface area contributed by atoms with Gasteiger partial charge in [-0.1, -0.05) is 0 Å². The van der Waals surface area contributed by atoms with Crippen molar-refractivity contribution in [2.75, 3.05) is 34.0 Å². The standard InChI is InChI=1S/C13H27NO4/c1-10(8-16-2)18-9-12(15)7-14-11-4-5-13(6-11)17-3/h10-15H,4-9H2,1-3H3. The smallest absolute Gasteiger partial charge is 0.0897 e. The van der Waals surface area contributed by atoms with Crippen molar-refractivity contribution in [1.82, 2.24) is 5.32 Å². The zero-order valence-corrected chi connectivity index (χ0v) is 11.7. The molecule has 108 valence electrons. The van der Waals surface area contributed by atoms with E-state index in [-0.39, 0.29) is 6.10 Å². The molecule has 5 nitrogen and oxygen atoms in total. The van der Waals surface area contributed by atoms with Crippen LogP contribution in [0.1, 0.15) is 26.2 Å². The van der Waals surface area contributed by atoms with Gasteiger partial charge in [0, 0.05) is 26.8 Å². The third kappa shape index (κ3) is 6.11. The van der Waals surface area contributed by atoms with Crippen LogP contribution in [0.5, 0.6) is 0 Å². The summed E-state index contributed by atoms with van der Waals surface area (Å²) in [6.07, 6.45) is 3.18. The van der Waals surface area contributed by atoms with E-state index in [2.05, 4.69) is 5.32 Å². The van der Waals surface area contributed by atoms with Crippen molar-refractivity contribution in [2.45, 2.75) is 50.5 Å². The summed E-state index contributed by atoms with van der Waals surface area (Å²) in [6, 6.07) is 0.459. The second-order valence-electron chi connectivity index (χ2n) is 5.03. The SMILES string of the molecule is COCC(C)OCC(O)CNC1CCC(OC)C1. The molecule has 0 saturated heterocycles. The summed E-state index contributed by atoms with van der Waals surface area (Å²) in [7, 11) is 3.40. The van der Waals surface area contributed by atoms with Crippen molar-refractivity contribution in [2.24, 2.45) is 0 Å². The van der Waals surface area contributed by atoms with E-state index in [4.69, 9.17) is 14.2 Å². The summed E-state index contributed by atoms with van der Waals surface area (Å²) < 4.78 is 15.7. The van der Waals surface area contributed by atoms with Crippen molar-refractivity contribution in [3.05, 3.63) is 0 Å². The number of aliphatic hydroxyl groups is 1. The first-order chi connectivity index (χ1) is 8.65. The maximum Gasteiger partial charge on any atom is 0.0897 e. The second-order valence-corrected chi connectivity index (χ2v) is 5.03. The topological polar surface area (TPSA) is 60.0 Å². The number of nitrogens with one attached hydrogen (secondary N) is 1. The van der Waals surface area contributed by atoms with Crippen molar-refractivity contribution < 1.29 is 19.3 Å². The number of aliphatic hydroxyl groups excluding tert-OH is 1. The second kappa shape index (κ2) is 8.82. The average molecular weight is 261 g/mol. The molecule has 18 heavy (non-hydrogen) atoms. The first kappa shape index (κ1) is 15.9. The molecule has 1 aliphatic rings. The van der Waals surface area contributed by atoms with Crippen LogP contribution in [0.25, 0.3) is 0 Å². The normalized spacial score (nSPS) is 27.3. The number of hydrogen-bond acceptors (Lipinski definition) is 5. The van der Waals surface area contributed by atoms with Crippen LogP contribution >= 0.6 is 0 Å². The molecule has 0 aromatic rings. The average Bonchev–Trinajstić information content (AvgIpc) is 2.82. The summed E-state index contributed by atoms with van der Waals surface area (Å²) in [5.41, 5.74) is 0. The van der Waals surface area contributed by atoms with Gasteiger partial charge in [-0.05, 0) is 26.2 Å². The Morgan fingerprint density at radius 1 is 1.28 bits per heavy atom. The molecule has 0 aromatic carbocycles. The van der Waals surface area contributed by atoms with Gasteiger partial charge in [0.1, 0.15) is 0 Å². The molecule has 4 unspecified atom stereocenters. The molecule has 0 spiro atoms. The van der Waals surface area contributed by atoms with Gasteiger partial charge in [0.15, 0.2) is 0 Å². The zero-order chi connectivity index (χ0) is 13.4. The van der Waals surface area contributed by atoms with E-state index in [0.717, 1.165) is 19.3 Å². The highest BCUT2D eigenvalue weighted by Gasteiger charge is 2.24. The Bertz CT molecular complexity index is 215. The molecule has 0 bridgehead atoms. The summed E-state index contributed by atoms with van der Waals surface area (Å²) in [5, 5.41) is 13.2. The van der Waals surface area contributed by atoms with Gasteiger partial charge in [-0.2, -0.15) is 0 Å². The first-order valence-corrected chi connectivity index (χ1v) is 6.70. The molecule has 1 aliphatic carbocycles. The maximum absolute atomic E-state index is 9.79. The minimum atomic E-state index is -0.467. The Kier molecular flexibility index (Phi) is 7.77. The van der Waals surface area contributed by atoms with Crippen molar-refractivity contribution in [3.63, 3.8) is 0 Å². The maximum atomic E-state index is 9.79. The lowest BCUT2D eigenvalue weighted by atomic mass is 10.2. The molecule has 0 heterocycles. The zero-order valence-electron chi connectivity index (χ0n) is 11.7. The fraction of sp³-hybridized carbons (Fsp3) is 1.00. The number of methoxy groups -OCH3 is 2. The van der Waals surface area contributed by atoms with E-state index in [9.17, 15) is 5.11 Å². The third-order valence-corrected chi connectivity index (χ3v) is 3.33. The highest BCUT2D eigenvalue weighted by Crippen LogP contribution is 2.21. The van der Waals surface area contributed by atoms with Crippen molar-refractivity contribution >= 4 is 0 Å². The minimum absolute atomic E-state index is 0.0222. The predicted octanol–water partition coefficient (Wildman–Crippen LogP) is 0.556. The Morgan fingerprint density at radius 3 is 2.67 bits per heavy atom. The lowest BCUT2D eigenvalue weighted by Gasteiger charge is -2.18. The molecule has 0 amide bonds. The molecule has 1 fully saturated rings. The third-order valence-electron chi connectivity index (χ3n) is 3.33. The Balaban J connectivity index is 2.04. The first-order valence-electron chi connectivity index (χ1n) is 6.70. The van der Waals surface area contributed by atoms with Crippen LogP contribution in [-0.4, -0.2) is 63.4 Å². The van der Waals surface area contributed by atoms with Gasteiger partial charge in [0.25, 0.3) is 0 Å².